The number of hydrogen-bond donors (Lipinski definition) is 3. The maximum atomic E-state index is 13.0. The molecule has 2 heterocycles. The maximum absolute atomic E-state index is 13.0. The van der Waals surface area contributed by atoms with Gasteiger partial charge in [-0.15, -0.1) is 0 Å². The molecule has 32 heavy (non-hydrogen) atoms. The minimum Gasteiger partial charge on any atom is -0.309 e. The lowest BCUT2D eigenvalue weighted by atomic mass is 10.0. The van der Waals surface area contributed by atoms with Gasteiger partial charge in [-0.25, -0.2) is 4.98 Å². The number of nitrogens with zero attached hydrogens (tertiary/aromatic N) is 2. The number of nitrogens with one attached hydrogen (secondary N) is 3. The summed E-state index contributed by atoms with van der Waals surface area (Å²) in [6, 6.07) is 7.95. The van der Waals surface area contributed by atoms with E-state index in [9.17, 15) is 4.79 Å². The van der Waals surface area contributed by atoms with Crippen molar-refractivity contribution in [3.05, 3.63) is 65.9 Å². The lowest BCUT2D eigenvalue weighted by Crippen LogP contribution is -2.34. The van der Waals surface area contributed by atoms with Crippen molar-refractivity contribution < 1.29 is 4.79 Å². The lowest BCUT2D eigenvalue weighted by Gasteiger charge is -2.19. The molecule has 1 atom stereocenters. The van der Waals surface area contributed by atoms with Crippen molar-refractivity contribution in [1.82, 2.24) is 15.2 Å². The molecule has 0 saturated carbocycles. The molecule has 0 bridgehead atoms. The number of amides is 1. The molecule has 1 aliphatic rings. The van der Waals surface area contributed by atoms with E-state index < -0.39 is 0 Å². The van der Waals surface area contributed by atoms with Gasteiger partial charge in [0, 0.05) is 42.5 Å². The van der Waals surface area contributed by atoms with Crippen molar-refractivity contribution >= 4 is 34.3 Å². The van der Waals surface area contributed by atoms with Crippen molar-refractivity contribution in [2.24, 2.45) is 0 Å². The molecule has 168 valence electrons. The van der Waals surface area contributed by atoms with Crippen molar-refractivity contribution in [3.63, 3.8) is 0 Å². The third-order valence-corrected chi connectivity index (χ3v) is 5.62. The third kappa shape index (κ3) is 6.45. The fourth-order valence-electron chi connectivity index (χ4n) is 3.73. The number of carbonyl (C=O) groups excluding carboxylic acids is 1. The highest BCUT2D eigenvalue weighted by atomic mass is 16.1. The van der Waals surface area contributed by atoms with Gasteiger partial charge in [-0.2, -0.15) is 0 Å². The molecule has 3 N–H and O–H groups in total. The number of allylic oxidation sites excluding steroid dienone is 3. The number of likely N-dealkylation sites (N-methyl/N-ethyl adjacent to an activating group) is 1. The van der Waals surface area contributed by atoms with Crippen LogP contribution in [-0.2, 0) is 4.79 Å². The number of hydrogen-bond acceptors (Lipinski definition) is 5. The zero-order valence-electron chi connectivity index (χ0n) is 19.2. The fraction of sp³-hybridized carbons (Fsp3) is 0.346. The standard InChI is InChI=1S/C26H33N5O/c1-4-20(17-27)21-9-10-23-18-29-25(16-24(23)15-21)30-26(32)22-8-6-5-7-12-31(3)13-11-28-19(2)14-22/h4,6,8-10,14-19,27-28H,5,7,11-13H2,1-3H3,(H,29,30,32)/b8-6?,20-4+,22-14?,27-17?. The number of anilines is 1. The summed E-state index contributed by atoms with van der Waals surface area (Å²) in [5.74, 6) is 0.347. The summed E-state index contributed by atoms with van der Waals surface area (Å²) in [5, 5.41) is 16.0. The summed E-state index contributed by atoms with van der Waals surface area (Å²) < 4.78 is 0. The van der Waals surface area contributed by atoms with E-state index in [-0.39, 0.29) is 11.9 Å². The molecule has 6 nitrogen and oxygen atoms in total. The predicted molar refractivity (Wildman–Crippen MR) is 134 cm³/mol. The van der Waals surface area contributed by atoms with Gasteiger partial charge < -0.3 is 20.9 Å². The Morgan fingerprint density at radius 2 is 2.12 bits per heavy atom. The molecule has 1 aliphatic heterocycles. The number of fused-ring (bicyclic) bond motifs is 1. The van der Waals surface area contributed by atoms with Crippen LogP contribution in [0, 0.1) is 5.41 Å². The van der Waals surface area contributed by atoms with Crippen LogP contribution in [0.1, 0.15) is 32.3 Å². The van der Waals surface area contributed by atoms with Crippen molar-refractivity contribution in [2.45, 2.75) is 32.7 Å². The first-order valence-corrected chi connectivity index (χ1v) is 11.2. The third-order valence-electron chi connectivity index (χ3n) is 5.62. The normalized spacial score (nSPS) is 19.0. The van der Waals surface area contributed by atoms with Crippen LogP contribution in [-0.4, -0.2) is 54.7 Å². The van der Waals surface area contributed by atoms with Crippen LogP contribution in [0.3, 0.4) is 0 Å². The zero-order chi connectivity index (χ0) is 22.9. The van der Waals surface area contributed by atoms with Gasteiger partial charge in [-0.3, -0.25) is 4.79 Å². The number of benzene rings is 1. The first kappa shape index (κ1) is 23.6. The van der Waals surface area contributed by atoms with Gasteiger partial charge in [0.2, 0.25) is 0 Å². The molecule has 1 amide bonds. The molecular weight excluding hydrogens is 398 g/mol. The molecule has 0 fully saturated rings. The van der Waals surface area contributed by atoms with Crippen LogP contribution in [0.4, 0.5) is 5.82 Å². The Hall–Kier alpha value is -3.09. The van der Waals surface area contributed by atoms with Gasteiger partial charge in [-0.05, 0) is 68.9 Å². The van der Waals surface area contributed by atoms with Crippen molar-refractivity contribution in [3.8, 4) is 0 Å². The highest BCUT2D eigenvalue weighted by molar-refractivity contribution is 6.09. The van der Waals surface area contributed by atoms with E-state index in [1.54, 1.807) is 6.20 Å². The average Bonchev–Trinajstić information content (AvgIpc) is 2.77. The second-order valence-corrected chi connectivity index (χ2v) is 8.19. The Bertz CT molecular complexity index is 1050. The summed E-state index contributed by atoms with van der Waals surface area (Å²) in [7, 11) is 2.14. The quantitative estimate of drug-likeness (QED) is 0.626. The molecule has 1 aromatic heterocycles. The van der Waals surface area contributed by atoms with Crippen LogP contribution in [0.15, 0.2) is 60.3 Å². The van der Waals surface area contributed by atoms with E-state index in [0.29, 0.717) is 11.4 Å². The second kappa shape index (κ2) is 11.5. The first-order chi connectivity index (χ1) is 15.5. The summed E-state index contributed by atoms with van der Waals surface area (Å²) in [5.41, 5.74) is 2.45. The summed E-state index contributed by atoms with van der Waals surface area (Å²) in [6.45, 7) is 6.89. The zero-order valence-corrected chi connectivity index (χ0v) is 19.2. The van der Waals surface area contributed by atoms with Crippen LogP contribution < -0.4 is 10.6 Å². The van der Waals surface area contributed by atoms with Gasteiger partial charge in [0.05, 0.1) is 0 Å². The number of rotatable bonds is 4. The Morgan fingerprint density at radius 3 is 2.91 bits per heavy atom. The maximum Gasteiger partial charge on any atom is 0.256 e. The number of carbonyl (C=O) groups is 1. The Morgan fingerprint density at radius 1 is 1.28 bits per heavy atom. The highest BCUT2D eigenvalue weighted by Crippen LogP contribution is 2.22. The largest absolute Gasteiger partial charge is 0.309 e. The molecule has 1 unspecified atom stereocenters. The number of pyridine rings is 1. The van der Waals surface area contributed by atoms with Gasteiger partial charge in [-0.1, -0.05) is 36.4 Å². The smallest absolute Gasteiger partial charge is 0.256 e. The van der Waals surface area contributed by atoms with E-state index in [4.69, 9.17) is 5.41 Å². The topological polar surface area (TPSA) is 81.1 Å². The lowest BCUT2D eigenvalue weighted by molar-refractivity contribution is -0.112. The predicted octanol–water partition coefficient (Wildman–Crippen LogP) is 4.41. The molecule has 0 radical (unpaired) electrons. The minimum atomic E-state index is -0.166. The minimum absolute atomic E-state index is 0.0840. The second-order valence-electron chi connectivity index (χ2n) is 8.19. The number of aromatic nitrogens is 1. The van der Waals surface area contributed by atoms with E-state index in [1.165, 1.54) is 6.21 Å². The van der Waals surface area contributed by atoms with Gasteiger partial charge in [0.1, 0.15) is 5.82 Å². The van der Waals surface area contributed by atoms with Gasteiger partial charge >= 0.3 is 0 Å². The van der Waals surface area contributed by atoms with Crippen LogP contribution >= 0.6 is 0 Å². The highest BCUT2D eigenvalue weighted by Gasteiger charge is 2.11. The van der Waals surface area contributed by atoms with E-state index in [0.717, 1.165) is 54.4 Å². The summed E-state index contributed by atoms with van der Waals surface area (Å²) in [4.78, 5) is 19.8. The van der Waals surface area contributed by atoms with Crippen LogP contribution in [0.5, 0.6) is 0 Å². The summed E-state index contributed by atoms with van der Waals surface area (Å²) in [6.07, 6.45) is 13.0. The first-order valence-electron chi connectivity index (χ1n) is 11.2. The van der Waals surface area contributed by atoms with Crippen LogP contribution in [0.2, 0.25) is 0 Å². The SMILES string of the molecule is C/C=C(\C=N)c1ccc2cnc(NC(=O)C3=CC(C)NCCN(C)CCCC=C3)cc2c1. The molecule has 6 heteroatoms. The van der Waals surface area contributed by atoms with Gasteiger partial charge in [0.15, 0.2) is 0 Å². The Balaban J connectivity index is 1.81. The van der Waals surface area contributed by atoms with Crippen molar-refractivity contribution in [1.29, 1.82) is 5.41 Å². The van der Waals surface area contributed by atoms with Crippen LogP contribution in [0.25, 0.3) is 16.3 Å². The summed E-state index contributed by atoms with van der Waals surface area (Å²) >= 11 is 0. The Labute approximate surface area is 190 Å². The molecular formula is C26H33N5O. The molecule has 0 aliphatic carbocycles. The van der Waals surface area contributed by atoms with E-state index in [2.05, 4.69) is 40.6 Å². The molecule has 3 rings (SSSR count). The fourth-order valence-corrected chi connectivity index (χ4v) is 3.73. The van der Waals surface area contributed by atoms with E-state index >= 15 is 0 Å². The Kier molecular flexibility index (Phi) is 8.48. The molecule has 2 aromatic rings. The average molecular weight is 432 g/mol. The molecule has 1 aromatic carbocycles. The molecule has 0 spiro atoms. The monoisotopic (exact) mass is 431 g/mol. The van der Waals surface area contributed by atoms with E-state index in [1.807, 2.05) is 49.4 Å². The van der Waals surface area contributed by atoms with Crippen molar-refractivity contribution in [2.75, 3.05) is 32.0 Å². The van der Waals surface area contributed by atoms with Gasteiger partial charge in [0.25, 0.3) is 5.91 Å². The molecule has 0 saturated heterocycles.